The molecule has 6 N–H and O–H groups in total. The number of ketones is 2. The summed E-state index contributed by atoms with van der Waals surface area (Å²) in [5.41, 5.74) is 3.59. The topological polar surface area (TPSA) is 165 Å². The van der Waals surface area contributed by atoms with Crippen LogP contribution in [-0.4, -0.2) is 86.5 Å². The Kier molecular flexibility index (Phi) is 6.72. The van der Waals surface area contributed by atoms with Crippen molar-refractivity contribution in [1.82, 2.24) is 9.80 Å². The van der Waals surface area contributed by atoms with Crippen LogP contribution in [0.25, 0.3) is 5.76 Å². The molecule has 1 aromatic rings. The molecule has 1 saturated carbocycles. The summed E-state index contributed by atoms with van der Waals surface area (Å²) < 4.78 is 0. The van der Waals surface area contributed by atoms with Gasteiger partial charge in [0.15, 0.2) is 11.4 Å². The zero-order valence-corrected chi connectivity index (χ0v) is 20.3. The van der Waals surface area contributed by atoms with Crippen LogP contribution in [0.4, 0.5) is 0 Å². The van der Waals surface area contributed by atoms with Gasteiger partial charge in [-0.15, -0.1) is 0 Å². The van der Waals surface area contributed by atoms with E-state index in [9.17, 15) is 34.8 Å². The number of likely N-dealkylation sites (N-methyl/N-ethyl adjacent to an activating group) is 1. The van der Waals surface area contributed by atoms with E-state index in [1.54, 1.807) is 14.1 Å². The van der Waals surface area contributed by atoms with Crippen molar-refractivity contribution in [2.75, 3.05) is 27.2 Å². The Morgan fingerprint density at radius 2 is 1.81 bits per heavy atom. The highest BCUT2D eigenvalue weighted by Gasteiger charge is 2.64. The first-order valence-electron chi connectivity index (χ1n) is 12.2. The van der Waals surface area contributed by atoms with Gasteiger partial charge < -0.3 is 26.2 Å². The summed E-state index contributed by atoms with van der Waals surface area (Å²) in [6.45, 7) is 2.56. The van der Waals surface area contributed by atoms with Crippen LogP contribution in [0.15, 0.2) is 29.0 Å². The highest BCUT2D eigenvalue weighted by molar-refractivity contribution is 6.24. The summed E-state index contributed by atoms with van der Waals surface area (Å²) in [6, 6.07) is 2.22. The fourth-order valence-electron chi connectivity index (χ4n) is 6.64. The molecule has 4 atom stereocenters. The minimum atomic E-state index is -2.62. The maximum atomic E-state index is 13.8. The van der Waals surface area contributed by atoms with Crippen molar-refractivity contribution < 1.29 is 34.8 Å². The van der Waals surface area contributed by atoms with Gasteiger partial charge in [-0.3, -0.25) is 24.2 Å². The van der Waals surface area contributed by atoms with E-state index in [1.807, 2.05) is 6.07 Å². The van der Waals surface area contributed by atoms with Crippen LogP contribution in [0.1, 0.15) is 43.4 Å². The monoisotopic (exact) mass is 513 g/mol. The molecule has 0 bridgehead atoms. The number of Topliss-reactive ketones (excluding diaryl/α,β-unsaturated/α-hetero) is 2. The minimum Gasteiger partial charge on any atom is -0.508 e. The van der Waals surface area contributed by atoms with Gasteiger partial charge in [-0.2, -0.15) is 0 Å². The number of nitrogens with two attached hydrogens (primary N) is 1. The van der Waals surface area contributed by atoms with Crippen LogP contribution in [0.5, 0.6) is 5.75 Å². The summed E-state index contributed by atoms with van der Waals surface area (Å²) in [4.78, 5) is 42.8. The lowest BCUT2D eigenvalue weighted by Gasteiger charge is -2.50. The molecule has 37 heavy (non-hydrogen) atoms. The first-order chi connectivity index (χ1) is 17.0. The Morgan fingerprint density at radius 3 is 2.41 bits per heavy atom. The molecule has 3 aliphatic carbocycles. The Labute approximate surface area is 215 Å². The van der Waals surface area contributed by atoms with Gasteiger partial charge in [0, 0.05) is 18.0 Å². The van der Waals surface area contributed by atoms with E-state index >= 15 is 0 Å². The second-order valence-corrected chi connectivity index (χ2v) is 10.5. The third kappa shape index (κ3) is 3.77. The van der Waals surface area contributed by atoms with Crippen molar-refractivity contribution in [1.29, 1.82) is 0 Å². The highest BCUT2D eigenvalue weighted by Crippen LogP contribution is 2.53. The van der Waals surface area contributed by atoms with Crippen LogP contribution >= 0.6 is 0 Å². The molecule has 0 radical (unpaired) electrons. The van der Waals surface area contributed by atoms with Crippen molar-refractivity contribution in [3.8, 4) is 5.75 Å². The Balaban J connectivity index is 0.00000320. The number of aromatic hydroxyl groups is 1. The summed E-state index contributed by atoms with van der Waals surface area (Å²) >= 11 is 0. The van der Waals surface area contributed by atoms with E-state index in [4.69, 9.17) is 5.73 Å². The number of likely N-dealkylation sites (tertiary alicyclic amines) is 1. The molecular formula is C27H35N3O7. The molecule has 0 aromatic heterocycles. The smallest absolute Gasteiger partial charge is 0.255 e. The Hall–Kier alpha value is -3.21. The zero-order chi connectivity index (χ0) is 26.1. The number of hydrogen-bond donors (Lipinski definition) is 5. The van der Waals surface area contributed by atoms with Crippen LogP contribution in [0.3, 0.4) is 0 Å². The summed E-state index contributed by atoms with van der Waals surface area (Å²) in [5.74, 6) is -6.36. The quantitative estimate of drug-likeness (QED) is 0.372. The van der Waals surface area contributed by atoms with Gasteiger partial charge in [-0.25, -0.2) is 0 Å². The lowest BCUT2D eigenvalue weighted by Crippen LogP contribution is -2.65. The van der Waals surface area contributed by atoms with Crippen molar-refractivity contribution >= 4 is 23.2 Å². The second kappa shape index (κ2) is 9.27. The lowest BCUT2D eigenvalue weighted by molar-refractivity contribution is -0.153. The highest BCUT2D eigenvalue weighted by atomic mass is 16.3. The molecule has 1 heterocycles. The number of primary amides is 1. The van der Waals surface area contributed by atoms with Gasteiger partial charge in [0.1, 0.15) is 22.8 Å². The van der Waals surface area contributed by atoms with Crippen LogP contribution in [-0.2, 0) is 27.3 Å². The third-order valence-corrected chi connectivity index (χ3v) is 8.29. The molecule has 10 nitrogen and oxygen atoms in total. The van der Waals surface area contributed by atoms with E-state index in [0.29, 0.717) is 13.0 Å². The average Bonchev–Trinajstić information content (AvgIpc) is 3.31. The number of carbonyl (C=O) groups is 3. The van der Waals surface area contributed by atoms with E-state index in [1.165, 1.54) is 11.0 Å². The Morgan fingerprint density at radius 1 is 1.16 bits per heavy atom. The number of amides is 1. The molecule has 1 saturated heterocycles. The predicted molar refractivity (Wildman–Crippen MR) is 135 cm³/mol. The van der Waals surface area contributed by atoms with E-state index in [-0.39, 0.29) is 30.7 Å². The molecule has 1 aromatic carbocycles. The number of carbonyl (C=O) groups excluding carboxylic acids is 3. The molecule has 2 fully saturated rings. The Bertz CT molecular complexity index is 1240. The van der Waals surface area contributed by atoms with Gasteiger partial charge in [0.25, 0.3) is 5.91 Å². The molecule has 10 heteroatoms. The first kappa shape index (κ1) is 26.8. The minimum absolute atomic E-state index is 0. The van der Waals surface area contributed by atoms with Crippen molar-refractivity contribution in [2.45, 2.75) is 51.3 Å². The van der Waals surface area contributed by atoms with Gasteiger partial charge in [0.2, 0.25) is 5.78 Å². The standard InChI is InChI=1S/C26H31N3O7.CH4/c1-28(2)20-15-10-13-9-14-12(11-29-7-3-4-8-29)5-6-16(30)18(14)21(31)17(13)23(33)26(15,36)24(34)19(22(20)32)25(27)35;/h5-6,13,15,20,30-31,34,36H,3-4,7-11H2,1-2H3,(H2,27,35);1H4/t13-,15-,20-,26-;/m0./s1. The predicted octanol–water partition coefficient (Wildman–Crippen LogP) is 1.20. The lowest BCUT2D eigenvalue weighted by atomic mass is 9.57. The molecule has 200 valence electrons. The second-order valence-electron chi connectivity index (χ2n) is 10.5. The molecule has 1 amide bonds. The van der Waals surface area contributed by atoms with Crippen LogP contribution < -0.4 is 5.73 Å². The number of hydrogen-bond acceptors (Lipinski definition) is 9. The number of phenolic OH excluding ortho intramolecular Hbond substituents is 1. The largest absolute Gasteiger partial charge is 0.508 e. The number of rotatable bonds is 4. The van der Waals surface area contributed by atoms with E-state index in [2.05, 4.69) is 4.90 Å². The van der Waals surface area contributed by atoms with Crippen molar-refractivity contribution in [3.05, 3.63) is 45.7 Å². The van der Waals surface area contributed by atoms with Gasteiger partial charge >= 0.3 is 0 Å². The number of fused-ring (bicyclic) bond motifs is 3. The summed E-state index contributed by atoms with van der Waals surface area (Å²) in [6.07, 6.45) is 2.62. The SMILES string of the molecule is C.CN(C)[C@@H]1C(=O)C(C(N)=O)=C(O)[C@@]2(O)C(=O)C3=C(O)c4c(O)ccc(CN5CCCC5)c4C[C@H]3C[C@@H]12. The molecule has 5 rings (SSSR count). The van der Waals surface area contributed by atoms with Crippen molar-refractivity contribution in [2.24, 2.45) is 17.6 Å². The molecular weight excluding hydrogens is 478 g/mol. The summed E-state index contributed by atoms with van der Waals surface area (Å²) in [5, 5.41) is 44.5. The van der Waals surface area contributed by atoms with Crippen LogP contribution in [0.2, 0.25) is 0 Å². The zero-order valence-electron chi connectivity index (χ0n) is 20.3. The number of nitrogens with zero attached hydrogens (tertiary/aromatic N) is 2. The average molecular weight is 514 g/mol. The fraction of sp³-hybridized carbons (Fsp3) is 0.519. The molecule has 0 unspecified atom stereocenters. The van der Waals surface area contributed by atoms with Gasteiger partial charge in [0.05, 0.1) is 11.6 Å². The molecule has 4 aliphatic rings. The number of aliphatic hydroxyl groups is 3. The maximum Gasteiger partial charge on any atom is 0.255 e. The molecule has 1 aliphatic heterocycles. The third-order valence-electron chi connectivity index (χ3n) is 8.29. The molecule has 0 spiro atoms. The van der Waals surface area contributed by atoms with Crippen LogP contribution in [0, 0.1) is 11.8 Å². The fourth-order valence-corrected chi connectivity index (χ4v) is 6.64. The maximum absolute atomic E-state index is 13.8. The first-order valence-corrected chi connectivity index (χ1v) is 12.2. The van der Waals surface area contributed by atoms with E-state index < -0.39 is 58.0 Å². The number of phenols is 1. The normalized spacial score (nSPS) is 29.7. The van der Waals surface area contributed by atoms with Crippen molar-refractivity contribution in [3.63, 3.8) is 0 Å². The number of aliphatic hydroxyl groups excluding tert-OH is 2. The van der Waals surface area contributed by atoms with Gasteiger partial charge in [-0.1, -0.05) is 13.5 Å². The summed E-state index contributed by atoms with van der Waals surface area (Å²) in [7, 11) is 3.17. The number of benzene rings is 1. The van der Waals surface area contributed by atoms with E-state index in [0.717, 1.165) is 37.1 Å². The van der Waals surface area contributed by atoms with Gasteiger partial charge in [-0.05, 0) is 76.0 Å².